The predicted octanol–water partition coefficient (Wildman–Crippen LogP) is 1.93. The van der Waals surface area contributed by atoms with Crippen molar-refractivity contribution in [3.63, 3.8) is 0 Å². The number of carbonyl (C=O) groups is 2. The number of thiazole rings is 1. The summed E-state index contributed by atoms with van der Waals surface area (Å²) in [4.78, 5) is 28.3. The first-order valence-electron chi connectivity index (χ1n) is 7.32. The molecule has 2 amide bonds. The maximum atomic E-state index is 13.0. The van der Waals surface area contributed by atoms with Gasteiger partial charge in [-0.05, 0) is 24.1 Å². The van der Waals surface area contributed by atoms with Crippen LogP contribution < -0.4 is 10.6 Å². The fourth-order valence-corrected chi connectivity index (χ4v) is 2.71. The summed E-state index contributed by atoms with van der Waals surface area (Å²) in [5, 5.41) is 6.32. The number of halogens is 1. The second-order valence-corrected chi connectivity index (χ2v) is 6.00. The Morgan fingerprint density at radius 3 is 2.74 bits per heavy atom. The second-order valence-electron chi connectivity index (χ2n) is 4.88. The number of rotatable bonds is 7. The number of benzene rings is 1. The molecule has 2 aromatic rings. The molecule has 1 aromatic heterocycles. The number of aromatic nitrogens is 1. The molecule has 0 bridgehead atoms. The first-order valence-corrected chi connectivity index (χ1v) is 8.14. The first kappa shape index (κ1) is 17.1. The fourth-order valence-electron chi connectivity index (χ4n) is 1.94. The van der Waals surface area contributed by atoms with Gasteiger partial charge in [0.05, 0.1) is 17.6 Å². The van der Waals surface area contributed by atoms with Gasteiger partial charge in [0.1, 0.15) is 10.7 Å². The summed E-state index contributed by atoms with van der Waals surface area (Å²) in [5.41, 5.74) is 0.614. The van der Waals surface area contributed by atoms with E-state index in [2.05, 4.69) is 15.6 Å². The molecule has 0 atom stereocenters. The SMILES string of the molecule is CCc1ncc(C(=O)NCCNC(=O)Cc2cccc(F)c2)s1. The molecular weight excluding hydrogens is 317 g/mol. The van der Waals surface area contributed by atoms with E-state index in [9.17, 15) is 14.0 Å². The molecule has 0 unspecified atom stereocenters. The van der Waals surface area contributed by atoms with Gasteiger partial charge in [0.15, 0.2) is 0 Å². The minimum atomic E-state index is -0.362. The van der Waals surface area contributed by atoms with Crippen LogP contribution in [0.25, 0.3) is 0 Å². The molecule has 0 radical (unpaired) electrons. The van der Waals surface area contributed by atoms with Crippen LogP contribution in [0.1, 0.15) is 27.2 Å². The van der Waals surface area contributed by atoms with E-state index < -0.39 is 0 Å². The number of hydrogen-bond donors (Lipinski definition) is 2. The number of carbonyl (C=O) groups excluding carboxylic acids is 2. The fraction of sp³-hybridized carbons (Fsp3) is 0.312. The van der Waals surface area contributed by atoms with E-state index in [0.717, 1.165) is 11.4 Å². The van der Waals surface area contributed by atoms with Crippen molar-refractivity contribution in [3.05, 3.63) is 51.7 Å². The van der Waals surface area contributed by atoms with Crippen LogP contribution in [0.4, 0.5) is 4.39 Å². The monoisotopic (exact) mass is 335 g/mol. The zero-order chi connectivity index (χ0) is 16.7. The Hall–Kier alpha value is -2.28. The predicted molar refractivity (Wildman–Crippen MR) is 86.9 cm³/mol. The average Bonchev–Trinajstić information content (AvgIpc) is 3.00. The number of nitrogens with one attached hydrogen (secondary N) is 2. The minimum absolute atomic E-state index is 0.112. The van der Waals surface area contributed by atoms with Crippen molar-refractivity contribution in [2.75, 3.05) is 13.1 Å². The van der Waals surface area contributed by atoms with E-state index in [0.29, 0.717) is 23.5 Å². The Morgan fingerprint density at radius 1 is 1.26 bits per heavy atom. The molecule has 0 saturated heterocycles. The van der Waals surface area contributed by atoms with E-state index in [1.807, 2.05) is 6.92 Å². The van der Waals surface area contributed by atoms with Gasteiger partial charge in [-0.3, -0.25) is 9.59 Å². The highest BCUT2D eigenvalue weighted by atomic mass is 32.1. The molecule has 0 aliphatic rings. The Morgan fingerprint density at radius 2 is 2.04 bits per heavy atom. The van der Waals surface area contributed by atoms with Gasteiger partial charge in [-0.15, -0.1) is 11.3 Å². The van der Waals surface area contributed by atoms with Crippen molar-refractivity contribution in [1.29, 1.82) is 0 Å². The zero-order valence-corrected chi connectivity index (χ0v) is 13.6. The standard InChI is InChI=1S/C16H18FN3O2S/c1-2-15-20-10-13(23-15)16(22)19-7-6-18-14(21)9-11-4-3-5-12(17)8-11/h3-5,8,10H,2,6-7,9H2,1H3,(H,18,21)(H,19,22). The normalized spacial score (nSPS) is 10.3. The first-order chi connectivity index (χ1) is 11.1. The number of amides is 2. The summed E-state index contributed by atoms with van der Waals surface area (Å²) < 4.78 is 13.0. The van der Waals surface area contributed by atoms with Gasteiger partial charge in [0.2, 0.25) is 5.91 Å². The zero-order valence-electron chi connectivity index (χ0n) is 12.8. The molecule has 0 fully saturated rings. The van der Waals surface area contributed by atoms with Gasteiger partial charge in [0, 0.05) is 13.1 Å². The number of nitrogens with zero attached hydrogens (tertiary/aromatic N) is 1. The Labute approximate surface area is 137 Å². The third-order valence-electron chi connectivity index (χ3n) is 3.07. The van der Waals surface area contributed by atoms with Crippen LogP contribution in [0, 0.1) is 5.82 Å². The smallest absolute Gasteiger partial charge is 0.263 e. The van der Waals surface area contributed by atoms with Crippen LogP contribution in [0.15, 0.2) is 30.5 Å². The van der Waals surface area contributed by atoms with Crippen LogP contribution in [-0.4, -0.2) is 29.9 Å². The summed E-state index contributed by atoms with van der Waals surface area (Å²) in [5.74, 6) is -0.768. The summed E-state index contributed by atoms with van der Waals surface area (Å²) in [6.07, 6.45) is 2.47. The van der Waals surface area contributed by atoms with Crippen LogP contribution in [0.2, 0.25) is 0 Å². The molecule has 2 N–H and O–H groups in total. The minimum Gasteiger partial charge on any atom is -0.354 e. The van der Waals surface area contributed by atoms with Crippen LogP contribution in [-0.2, 0) is 17.6 Å². The lowest BCUT2D eigenvalue weighted by molar-refractivity contribution is -0.120. The number of hydrogen-bond acceptors (Lipinski definition) is 4. The molecule has 0 aliphatic carbocycles. The van der Waals surface area contributed by atoms with Gasteiger partial charge in [0.25, 0.3) is 5.91 Å². The van der Waals surface area contributed by atoms with Crippen molar-refractivity contribution in [2.45, 2.75) is 19.8 Å². The van der Waals surface area contributed by atoms with Gasteiger partial charge >= 0.3 is 0 Å². The van der Waals surface area contributed by atoms with Gasteiger partial charge in [-0.1, -0.05) is 19.1 Å². The summed E-state index contributed by atoms with van der Waals surface area (Å²) in [7, 11) is 0. The molecule has 122 valence electrons. The molecule has 0 spiro atoms. The van der Waals surface area contributed by atoms with Crippen LogP contribution in [0.5, 0.6) is 0 Å². The van der Waals surface area contributed by atoms with E-state index >= 15 is 0 Å². The van der Waals surface area contributed by atoms with E-state index in [-0.39, 0.29) is 24.1 Å². The van der Waals surface area contributed by atoms with E-state index in [4.69, 9.17) is 0 Å². The molecule has 0 aliphatic heterocycles. The Balaban J connectivity index is 1.68. The maximum Gasteiger partial charge on any atom is 0.263 e. The van der Waals surface area contributed by atoms with Crippen molar-refractivity contribution >= 4 is 23.2 Å². The molecule has 23 heavy (non-hydrogen) atoms. The third kappa shape index (κ3) is 5.45. The molecule has 5 nitrogen and oxygen atoms in total. The lowest BCUT2D eigenvalue weighted by Gasteiger charge is -2.06. The highest BCUT2D eigenvalue weighted by Crippen LogP contribution is 2.12. The van der Waals surface area contributed by atoms with Gasteiger partial charge in [-0.25, -0.2) is 9.37 Å². The second kappa shape index (κ2) is 8.38. The topological polar surface area (TPSA) is 71.1 Å². The Kier molecular flexibility index (Phi) is 6.22. The molecule has 0 saturated carbocycles. The molecular formula is C16H18FN3O2S. The van der Waals surface area contributed by atoms with Crippen molar-refractivity contribution in [3.8, 4) is 0 Å². The van der Waals surface area contributed by atoms with Gasteiger partial charge < -0.3 is 10.6 Å². The van der Waals surface area contributed by atoms with Crippen molar-refractivity contribution < 1.29 is 14.0 Å². The Bertz CT molecular complexity index is 687. The third-order valence-corrected chi connectivity index (χ3v) is 4.21. The lowest BCUT2D eigenvalue weighted by Crippen LogP contribution is -2.35. The summed E-state index contributed by atoms with van der Waals surface area (Å²) in [6, 6.07) is 5.92. The molecule has 7 heteroatoms. The highest BCUT2D eigenvalue weighted by molar-refractivity contribution is 7.13. The van der Waals surface area contributed by atoms with Crippen molar-refractivity contribution in [2.24, 2.45) is 0 Å². The molecule has 1 heterocycles. The van der Waals surface area contributed by atoms with Crippen molar-refractivity contribution in [1.82, 2.24) is 15.6 Å². The molecule has 1 aromatic carbocycles. The van der Waals surface area contributed by atoms with Crippen LogP contribution >= 0.6 is 11.3 Å². The lowest BCUT2D eigenvalue weighted by atomic mass is 10.1. The quantitative estimate of drug-likeness (QED) is 0.760. The largest absolute Gasteiger partial charge is 0.354 e. The summed E-state index contributed by atoms with van der Waals surface area (Å²) in [6.45, 7) is 2.63. The average molecular weight is 335 g/mol. The van der Waals surface area contributed by atoms with E-state index in [1.54, 1.807) is 18.3 Å². The summed E-state index contributed by atoms with van der Waals surface area (Å²) >= 11 is 1.36. The van der Waals surface area contributed by atoms with Gasteiger partial charge in [-0.2, -0.15) is 0 Å². The van der Waals surface area contributed by atoms with Crippen LogP contribution in [0.3, 0.4) is 0 Å². The number of aryl methyl sites for hydroxylation is 1. The van der Waals surface area contributed by atoms with E-state index in [1.165, 1.54) is 23.5 Å². The maximum absolute atomic E-state index is 13.0. The highest BCUT2D eigenvalue weighted by Gasteiger charge is 2.09. The molecule has 2 rings (SSSR count).